The molecule has 4 aromatic carbocycles. The van der Waals surface area contributed by atoms with Crippen LogP contribution in [0.15, 0.2) is 97.1 Å². The van der Waals surface area contributed by atoms with Gasteiger partial charge in [0, 0.05) is 29.6 Å². The van der Waals surface area contributed by atoms with Crippen molar-refractivity contribution in [1.29, 1.82) is 0 Å². The molecule has 0 N–H and O–H groups in total. The fourth-order valence-electron chi connectivity index (χ4n) is 7.95. The zero-order valence-corrected chi connectivity index (χ0v) is 26.2. The Morgan fingerprint density at radius 3 is 1.12 bits per heavy atom. The predicted octanol–water partition coefficient (Wildman–Crippen LogP) is 8.81. The summed E-state index contributed by atoms with van der Waals surface area (Å²) in [5.74, 6) is -1.46. The average molecular weight is 634 g/mol. The summed E-state index contributed by atoms with van der Waals surface area (Å²) in [5, 5.41) is 0. The van der Waals surface area contributed by atoms with Gasteiger partial charge in [0.1, 0.15) is 0 Å². The highest BCUT2D eigenvalue weighted by molar-refractivity contribution is 6.68. The maximum Gasteiger partial charge on any atom is 0.305 e. The Morgan fingerprint density at radius 2 is 0.860 bits per heavy atom. The highest BCUT2D eigenvalue weighted by atomic mass is 35.6. The summed E-state index contributed by atoms with van der Waals surface area (Å²) in [4.78, 5) is 25.8. The van der Waals surface area contributed by atoms with Gasteiger partial charge >= 0.3 is 11.9 Å². The second-order valence-corrected chi connectivity index (χ2v) is 13.6. The molecule has 0 saturated carbocycles. The smallest absolute Gasteiger partial charge is 0.305 e. The molecule has 43 heavy (non-hydrogen) atoms. The van der Waals surface area contributed by atoms with Gasteiger partial charge in [0.25, 0.3) is 0 Å². The zero-order chi connectivity index (χ0) is 30.4. The SMILES string of the molecule is COC(=O)CCC1(C(C(Cl)(Cl)Cl)C2(CCC(=O)OC)c3ccccc3-c3ccccc32)c2ccccc2-c2ccccc21. The van der Waals surface area contributed by atoms with Gasteiger partial charge in [-0.3, -0.25) is 9.59 Å². The van der Waals surface area contributed by atoms with Crippen molar-refractivity contribution in [3.8, 4) is 22.3 Å². The van der Waals surface area contributed by atoms with Gasteiger partial charge in [-0.05, 0) is 57.3 Å². The number of esters is 2. The van der Waals surface area contributed by atoms with Crippen LogP contribution in [0.4, 0.5) is 0 Å². The van der Waals surface area contributed by atoms with E-state index in [0.717, 1.165) is 44.5 Å². The van der Waals surface area contributed by atoms with Crippen LogP contribution in [0.1, 0.15) is 47.9 Å². The number of hydrogen-bond acceptors (Lipinski definition) is 4. The van der Waals surface area contributed by atoms with Crippen molar-refractivity contribution in [2.24, 2.45) is 5.92 Å². The van der Waals surface area contributed by atoms with Crippen LogP contribution >= 0.6 is 34.8 Å². The summed E-state index contributed by atoms with van der Waals surface area (Å²) < 4.78 is 8.45. The van der Waals surface area contributed by atoms with E-state index in [1.54, 1.807) is 0 Å². The molecule has 0 saturated heterocycles. The highest BCUT2D eigenvalue weighted by Gasteiger charge is 2.65. The summed E-state index contributed by atoms with van der Waals surface area (Å²) in [7, 11) is 2.78. The van der Waals surface area contributed by atoms with Crippen molar-refractivity contribution in [1.82, 2.24) is 0 Å². The molecule has 0 aliphatic heterocycles. The molecule has 220 valence electrons. The molecule has 0 fully saturated rings. The van der Waals surface area contributed by atoms with E-state index in [9.17, 15) is 9.59 Å². The van der Waals surface area contributed by atoms with Gasteiger partial charge in [0.2, 0.25) is 0 Å². The largest absolute Gasteiger partial charge is 0.469 e. The minimum Gasteiger partial charge on any atom is -0.469 e. The van der Waals surface area contributed by atoms with Crippen LogP contribution in [0.25, 0.3) is 22.3 Å². The van der Waals surface area contributed by atoms with Gasteiger partial charge in [-0.25, -0.2) is 0 Å². The minimum atomic E-state index is -1.86. The lowest BCUT2D eigenvalue weighted by molar-refractivity contribution is -0.141. The van der Waals surface area contributed by atoms with Crippen LogP contribution in [0.2, 0.25) is 0 Å². The number of methoxy groups -OCH3 is 2. The van der Waals surface area contributed by atoms with E-state index < -0.39 is 20.5 Å². The molecule has 7 heteroatoms. The Hall–Kier alpha value is -3.31. The third-order valence-corrected chi connectivity index (χ3v) is 10.1. The standard InChI is InChI=1S/C36H31Cl3O4/c1-42-31(40)19-21-34(27-15-7-3-11-23(27)24-12-4-8-16-28(24)34)33(36(37,38)39)35(22-20-32(41)43-2)29-17-9-5-13-25(29)26-14-6-10-18-30(26)35/h3-18,33H,19-22H2,1-2H3. The second kappa shape index (κ2) is 11.3. The second-order valence-electron chi connectivity index (χ2n) is 11.3. The van der Waals surface area contributed by atoms with Crippen molar-refractivity contribution in [2.75, 3.05) is 14.2 Å². The summed E-state index contributed by atoms with van der Waals surface area (Å²) in [6.45, 7) is 0. The van der Waals surface area contributed by atoms with Crippen molar-refractivity contribution in [2.45, 2.75) is 40.3 Å². The third kappa shape index (κ3) is 4.58. The van der Waals surface area contributed by atoms with E-state index in [1.807, 2.05) is 48.5 Å². The Kier molecular flexibility index (Phi) is 7.83. The molecule has 0 radical (unpaired) electrons. The molecule has 2 aliphatic carbocycles. The molecule has 0 bridgehead atoms. The van der Waals surface area contributed by atoms with Gasteiger partial charge in [-0.1, -0.05) is 132 Å². The Balaban J connectivity index is 1.76. The first-order valence-corrected chi connectivity index (χ1v) is 15.4. The number of rotatable bonds is 8. The fraction of sp³-hybridized carbons (Fsp3) is 0.278. The Morgan fingerprint density at radius 1 is 0.581 bits per heavy atom. The molecular weight excluding hydrogens is 603 g/mol. The number of halogens is 3. The van der Waals surface area contributed by atoms with Gasteiger partial charge in [0.15, 0.2) is 3.79 Å². The number of fused-ring (bicyclic) bond motifs is 6. The average Bonchev–Trinajstić information content (AvgIpc) is 3.46. The maximum absolute atomic E-state index is 12.9. The van der Waals surface area contributed by atoms with Crippen molar-refractivity contribution < 1.29 is 19.1 Å². The Bertz CT molecular complexity index is 1500. The number of carbonyl (C=O) groups excluding carboxylic acids is 2. The van der Waals surface area contributed by atoms with Crippen LogP contribution < -0.4 is 0 Å². The molecular formula is C36H31Cl3O4. The van der Waals surface area contributed by atoms with Gasteiger partial charge < -0.3 is 9.47 Å². The molecule has 6 rings (SSSR count). The zero-order valence-electron chi connectivity index (χ0n) is 23.9. The van der Waals surface area contributed by atoms with Gasteiger partial charge in [0.05, 0.1) is 14.2 Å². The molecule has 0 unspecified atom stereocenters. The summed E-state index contributed by atoms with van der Waals surface area (Å²) in [6.07, 6.45) is 0.868. The molecule has 4 nitrogen and oxygen atoms in total. The quantitative estimate of drug-likeness (QED) is 0.144. The Labute approximate surface area is 266 Å². The first-order chi connectivity index (χ1) is 20.7. The van der Waals surface area contributed by atoms with Crippen molar-refractivity contribution >= 4 is 46.7 Å². The first kappa shape index (κ1) is 29.7. The lowest BCUT2D eigenvalue weighted by Gasteiger charge is -2.53. The molecule has 2 aliphatic rings. The molecule has 0 aromatic heterocycles. The first-order valence-electron chi connectivity index (χ1n) is 14.3. The number of hydrogen-bond donors (Lipinski definition) is 0. The van der Waals surface area contributed by atoms with Crippen LogP contribution in [0, 0.1) is 5.92 Å². The number of carbonyl (C=O) groups is 2. The maximum atomic E-state index is 12.9. The summed E-state index contributed by atoms with van der Waals surface area (Å²) >= 11 is 21.9. The van der Waals surface area contributed by atoms with Crippen molar-refractivity contribution in [3.05, 3.63) is 119 Å². The molecule has 0 spiro atoms. The van der Waals surface area contributed by atoms with Crippen LogP contribution in [-0.2, 0) is 29.9 Å². The molecule has 0 atom stereocenters. The van der Waals surface area contributed by atoms with Gasteiger partial charge in [-0.2, -0.15) is 0 Å². The predicted molar refractivity (Wildman–Crippen MR) is 172 cm³/mol. The number of alkyl halides is 3. The topological polar surface area (TPSA) is 52.6 Å². The van der Waals surface area contributed by atoms with Crippen LogP contribution in [0.5, 0.6) is 0 Å². The third-order valence-electron chi connectivity index (χ3n) is 9.43. The monoisotopic (exact) mass is 632 g/mol. The van der Waals surface area contributed by atoms with E-state index in [-0.39, 0.29) is 24.8 Å². The lowest BCUT2D eigenvalue weighted by Crippen LogP contribution is -2.54. The summed E-state index contributed by atoms with van der Waals surface area (Å²) in [5.41, 5.74) is 6.16. The normalized spacial score (nSPS) is 15.3. The van der Waals surface area contributed by atoms with Crippen molar-refractivity contribution in [3.63, 3.8) is 0 Å². The van der Waals surface area contributed by atoms with Gasteiger partial charge in [-0.15, -0.1) is 0 Å². The van der Waals surface area contributed by atoms with Crippen LogP contribution in [0.3, 0.4) is 0 Å². The number of ether oxygens (including phenoxy) is 2. The lowest BCUT2D eigenvalue weighted by atomic mass is 9.53. The number of benzene rings is 4. The summed E-state index contributed by atoms with van der Waals surface area (Å²) in [6, 6.07) is 32.6. The van der Waals surface area contributed by atoms with E-state index in [4.69, 9.17) is 44.3 Å². The van der Waals surface area contributed by atoms with E-state index in [1.165, 1.54) is 14.2 Å². The van der Waals surface area contributed by atoms with E-state index in [2.05, 4.69) is 48.5 Å². The van der Waals surface area contributed by atoms with Crippen LogP contribution in [-0.4, -0.2) is 30.0 Å². The minimum absolute atomic E-state index is 0.104. The highest BCUT2D eigenvalue weighted by Crippen LogP contribution is 2.69. The molecule has 0 amide bonds. The van der Waals surface area contributed by atoms with E-state index >= 15 is 0 Å². The fourth-order valence-corrected chi connectivity index (χ4v) is 9.07. The molecule has 0 heterocycles. The molecule has 4 aromatic rings. The van der Waals surface area contributed by atoms with E-state index in [0.29, 0.717) is 12.8 Å².